The highest BCUT2D eigenvalue weighted by molar-refractivity contribution is 8.14. The minimum Gasteiger partial charge on any atom is -0.353 e. The Kier molecular flexibility index (Phi) is 9.56. The highest BCUT2D eigenvalue weighted by Gasteiger charge is 2.52. The standard InChI is InChI=1S/C27H40Cl2F4N4OS/c28-21-4-3-16(10-22(21)29)23(15-1-2-15)36-25(38)18-8-14(13-37-5-6-39-26(37)34)7-17(9-18)24-20(27(31,32)33)11-19(30)12-35-24/h14-24,34-35H,1-13H2,(H,36,38)/t14?,16?,17?,18?,19?,20?,21?,22?,23-,24?/m0/s1. The summed E-state index contributed by atoms with van der Waals surface area (Å²) in [5.41, 5.74) is 0. The maximum atomic E-state index is 14.1. The number of amidine groups is 1. The summed E-state index contributed by atoms with van der Waals surface area (Å²) >= 11 is 14.3. The van der Waals surface area contributed by atoms with Crippen LogP contribution < -0.4 is 10.6 Å². The molecular weight excluding hydrogens is 575 g/mol. The van der Waals surface area contributed by atoms with Crippen molar-refractivity contribution in [3.05, 3.63) is 0 Å². The van der Waals surface area contributed by atoms with E-state index in [2.05, 4.69) is 10.6 Å². The summed E-state index contributed by atoms with van der Waals surface area (Å²) in [6.45, 7) is 1.22. The van der Waals surface area contributed by atoms with Crippen molar-refractivity contribution in [1.29, 1.82) is 5.41 Å². The van der Waals surface area contributed by atoms with E-state index in [0.29, 0.717) is 36.9 Å². The van der Waals surface area contributed by atoms with Gasteiger partial charge in [-0.1, -0.05) is 11.8 Å². The number of thioether (sulfide) groups is 1. The second-order valence-corrected chi connectivity index (χ2v) is 14.7. The molecule has 0 spiro atoms. The van der Waals surface area contributed by atoms with Gasteiger partial charge in [0.25, 0.3) is 0 Å². The van der Waals surface area contributed by atoms with Crippen molar-refractivity contribution < 1.29 is 22.4 Å². The van der Waals surface area contributed by atoms with E-state index in [1.165, 1.54) is 11.8 Å². The summed E-state index contributed by atoms with van der Waals surface area (Å²) in [5.74, 6) is -1.14. The molecule has 0 radical (unpaired) electrons. The molecule has 5 nitrogen and oxygen atoms in total. The monoisotopic (exact) mass is 614 g/mol. The molecule has 3 N–H and O–H groups in total. The fourth-order valence-corrected chi connectivity index (χ4v) is 9.05. The number of carbonyl (C=O) groups is 1. The van der Waals surface area contributed by atoms with E-state index in [9.17, 15) is 22.4 Å². The van der Waals surface area contributed by atoms with E-state index in [-0.39, 0.29) is 47.0 Å². The average molecular weight is 616 g/mol. The Labute approximate surface area is 242 Å². The summed E-state index contributed by atoms with van der Waals surface area (Å²) in [6.07, 6.45) is -0.458. The first-order chi connectivity index (χ1) is 18.5. The molecule has 2 heterocycles. The van der Waals surface area contributed by atoms with E-state index in [1.807, 2.05) is 4.90 Å². The number of nitrogens with one attached hydrogen (secondary N) is 3. The molecular formula is C27H40Cl2F4N4OS. The van der Waals surface area contributed by atoms with Gasteiger partial charge in [0.2, 0.25) is 5.91 Å². The van der Waals surface area contributed by atoms with E-state index in [1.54, 1.807) is 0 Å². The lowest BCUT2D eigenvalue weighted by Crippen LogP contribution is -2.57. The fourth-order valence-electron chi connectivity index (χ4n) is 7.61. The third-order valence-electron chi connectivity index (χ3n) is 9.70. The summed E-state index contributed by atoms with van der Waals surface area (Å²) in [4.78, 5) is 15.8. The number of nitrogens with zero attached hydrogens (tertiary/aromatic N) is 1. The van der Waals surface area contributed by atoms with Crippen LogP contribution in [0.15, 0.2) is 0 Å². The number of rotatable bonds is 7. The lowest BCUT2D eigenvalue weighted by atomic mass is 9.68. The Hall–Kier alpha value is -0.450. The maximum Gasteiger partial charge on any atom is 0.393 e. The molecule has 0 aromatic carbocycles. The summed E-state index contributed by atoms with van der Waals surface area (Å²) < 4.78 is 56.2. The lowest BCUT2D eigenvalue weighted by Gasteiger charge is -2.45. The van der Waals surface area contributed by atoms with Gasteiger partial charge in [-0.3, -0.25) is 10.2 Å². The van der Waals surface area contributed by atoms with Gasteiger partial charge >= 0.3 is 6.18 Å². The first-order valence-electron chi connectivity index (χ1n) is 14.5. The molecule has 3 aliphatic carbocycles. The number of amides is 1. The summed E-state index contributed by atoms with van der Waals surface area (Å²) in [7, 11) is 0. The van der Waals surface area contributed by atoms with Gasteiger partial charge in [-0.15, -0.1) is 23.2 Å². The zero-order chi connectivity index (χ0) is 27.9. The Morgan fingerprint density at radius 2 is 1.82 bits per heavy atom. The Bertz CT molecular complexity index is 896. The van der Waals surface area contributed by atoms with Crippen LogP contribution in [0.2, 0.25) is 0 Å². The molecule has 1 amide bonds. The van der Waals surface area contributed by atoms with E-state index < -0.39 is 36.6 Å². The quantitative estimate of drug-likeness (QED) is 0.251. The number of hydrogen-bond donors (Lipinski definition) is 3. The predicted octanol–water partition coefficient (Wildman–Crippen LogP) is 5.79. The molecule has 0 aromatic heterocycles. The molecule has 3 saturated carbocycles. The Morgan fingerprint density at radius 1 is 1.08 bits per heavy atom. The van der Waals surface area contributed by atoms with Gasteiger partial charge in [-0.05, 0) is 81.5 Å². The Balaban J connectivity index is 1.32. The van der Waals surface area contributed by atoms with Crippen LogP contribution in [-0.2, 0) is 4.79 Å². The van der Waals surface area contributed by atoms with Gasteiger partial charge in [0, 0.05) is 48.8 Å². The third-order valence-corrected chi connectivity index (χ3v) is 11.8. The molecule has 39 heavy (non-hydrogen) atoms. The predicted molar refractivity (Wildman–Crippen MR) is 148 cm³/mol. The highest BCUT2D eigenvalue weighted by atomic mass is 35.5. The maximum absolute atomic E-state index is 14.1. The van der Waals surface area contributed by atoms with Crippen LogP contribution in [0, 0.1) is 40.9 Å². The van der Waals surface area contributed by atoms with Crippen LogP contribution in [-0.4, -0.2) is 76.5 Å². The number of hydrogen-bond acceptors (Lipinski definition) is 4. The molecule has 12 heteroatoms. The van der Waals surface area contributed by atoms with Gasteiger partial charge in [-0.2, -0.15) is 13.2 Å². The van der Waals surface area contributed by atoms with Crippen LogP contribution in [0.25, 0.3) is 0 Å². The van der Waals surface area contributed by atoms with Crippen molar-refractivity contribution in [1.82, 2.24) is 15.5 Å². The fraction of sp³-hybridized carbons (Fsp3) is 0.926. The van der Waals surface area contributed by atoms with Gasteiger partial charge in [0.15, 0.2) is 5.17 Å². The average Bonchev–Trinajstić information content (AvgIpc) is 3.65. The number of piperidine rings is 1. The van der Waals surface area contributed by atoms with Crippen molar-refractivity contribution in [3.63, 3.8) is 0 Å². The van der Waals surface area contributed by atoms with Crippen molar-refractivity contribution in [2.75, 3.05) is 25.4 Å². The molecule has 5 rings (SSSR count). The zero-order valence-electron chi connectivity index (χ0n) is 22.1. The Morgan fingerprint density at radius 3 is 2.46 bits per heavy atom. The minimum atomic E-state index is -4.50. The molecule has 0 bridgehead atoms. The molecule has 0 aromatic rings. The zero-order valence-corrected chi connectivity index (χ0v) is 24.4. The first kappa shape index (κ1) is 30.0. The van der Waals surface area contributed by atoms with Crippen molar-refractivity contribution in [2.45, 2.75) is 93.0 Å². The number of halogens is 6. The number of carbonyl (C=O) groups excluding carboxylic acids is 1. The highest BCUT2D eigenvalue weighted by Crippen LogP contribution is 2.46. The van der Waals surface area contributed by atoms with Crippen molar-refractivity contribution in [2.24, 2.45) is 35.5 Å². The SMILES string of the molecule is N=C1SCCN1CC1CC(C(=O)N[C@@H](C2CC2)C2CCC(Cl)C(Cl)C2)CC(C2NCC(F)CC2C(F)(F)F)C1. The molecule has 5 fully saturated rings. The summed E-state index contributed by atoms with van der Waals surface area (Å²) in [6, 6.07) is -0.884. The number of alkyl halides is 6. The van der Waals surface area contributed by atoms with Crippen LogP contribution in [0.4, 0.5) is 17.6 Å². The van der Waals surface area contributed by atoms with Crippen molar-refractivity contribution in [3.8, 4) is 0 Å². The second-order valence-electron chi connectivity index (χ2n) is 12.5. The molecule has 5 aliphatic rings. The first-order valence-corrected chi connectivity index (χ1v) is 16.3. The second kappa shape index (κ2) is 12.4. The van der Waals surface area contributed by atoms with Crippen LogP contribution in [0.5, 0.6) is 0 Å². The van der Waals surface area contributed by atoms with E-state index in [0.717, 1.165) is 44.4 Å². The van der Waals surface area contributed by atoms with E-state index >= 15 is 0 Å². The normalized spacial score (nSPS) is 40.9. The van der Waals surface area contributed by atoms with Crippen LogP contribution in [0.3, 0.4) is 0 Å². The van der Waals surface area contributed by atoms with Crippen molar-refractivity contribution >= 4 is 46.0 Å². The largest absolute Gasteiger partial charge is 0.393 e. The molecule has 10 atom stereocenters. The molecule has 222 valence electrons. The van der Waals surface area contributed by atoms with Crippen LogP contribution >= 0.6 is 35.0 Å². The molecule has 9 unspecified atom stereocenters. The third kappa shape index (κ3) is 7.31. The summed E-state index contributed by atoms with van der Waals surface area (Å²) in [5, 5.41) is 14.8. The topological polar surface area (TPSA) is 68.2 Å². The molecule has 2 aliphatic heterocycles. The smallest absolute Gasteiger partial charge is 0.353 e. The van der Waals surface area contributed by atoms with Crippen LogP contribution in [0.1, 0.15) is 57.8 Å². The van der Waals surface area contributed by atoms with Gasteiger partial charge in [0.05, 0.1) is 11.3 Å². The molecule has 2 saturated heterocycles. The minimum absolute atomic E-state index is 0.00406. The van der Waals surface area contributed by atoms with Gasteiger partial charge in [-0.25, -0.2) is 4.39 Å². The van der Waals surface area contributed by atoms with Gasteiger partial charge < -0.3 is 15.5 Å². The van der Waals surface area contributed by atoms with E-state index in [4.69, 9.17) is 28.6 Å². The van der Waals surface area contributed by atoms with Gasteiger partial charge in [0.1, 0.15) is 6.17 Å². The lowest BCUT2D eigenvalue weighted by molar-refractivity contribution is -0.199.